The Morgan fingerprint density at radius 3 is 2.57 bits per heavy atom. The predicted molar refractivity (Wildman–Crippen MR) is 90.7 cm³/mol. The van der Waals surface area contributed by atoms with Crippen LogP contribution in [0.4, 0.5) is 5.69 Å². The Balaban J connectivity index is 2.00. The molecule has 0 aliphatic rings. The summed E-state index contributed by atoms with van der Waals surface area (Å²) in [6.07, 6.45) is 2.53. The maximum Gasteiger partial charge on any atom is 0.341 e. The van der Waals surface area contributed by atoms with Gasteiger partial charge in [0.2, 0.25) is 0 Å². The predicted octanol–water partition coefficient (Wildman–Crippen LogP) is 3.30. The molecular formula is C17H18N2O3S. The van der Waals surface area contributed by atoms with Crippen LogP contribution >= 0.6 is 11.8 Å². The quantitative estimate of drug-likeness (QED) is 0.673. The highest BCUT2D eigenvalue weighted by molar-refractivity contribution is 7.98. The van der Waals surface area contributed by atoms with Crippen LogP contribution < -0.4 is 5.32 Å². The Labute approximate surface area is 139 Å². The molecule has 0 unspecified atom stereocenters. The second kappa shape index (κ2) is 7.78. The van der Waals surface area contributed by atoms with E-state index in [1.165, 1.54) is 18.7 Å². The van der Waals surface area contributed by atoms with E-state index < -0.39 is 12.1 Å². The van der Waals surface area contributed by atoms with Crippen LogP contribution in [0.2, 0.25) is 0 Å². The maximum atomic E-state index is 12.2. The summed E-state index contributed by atoms with van der Waals surface area (Å²) in [6.45, 7) is 3.50. The van der Waals surface area contributed by atoms with Crippen molar-refractivity contribution in [2.75, 3.05) is 11.6 Å². The Kier molecular flexibility index (Phi) is 5.76. The smallest absolute Gasteiger partial charge is 0.341 e. The highest BCUT2D eigenvalue weighted by atomic mass is 32.2. The minimum atomic E-state index is -0.904. The highest BCUT2D eigenvalue weighted by Crippen LogP contribution is 2.18. The lowest BCUT2D eigenvalue weighted by atomic mass is 10.2. The summed E-state index contributed by atoms with van der Waals surface area (Å²) in [4.78, 5) is 28.4. The van der Waals surface area contributed by atoms with Crippen molar-refractivity contribution >= 4 is 29.3 Å². The lowest BCUT2D eigenvalue weighted by Gasteiger charge is -2.14. The number of aryl methyl sites for hydroxylation is 1. The molecule has 1 N–H and O–H groups in total. The zero-order valence-corrected chi connectivity index (χ0v) is 14.0. The fourth-order valence-corrected chi connectivity index (χ4v) is 2.40. The summed E-state index contributed by atoms with van der Waals surface area (Å²) in [7, 11) is 0. The molecule has 0 saturated heterocycles. The number of amides is 1. The first-order chi connectivity index (χ1) is 11.0. The molecule has 1 aromatic carbocycles. The summed E-state index contributed by atoms with van der Waals surface area (Å²) in [6, 6.07) is 10.7. The van der Waals surface area contributed by atoms with Gasteiger partial charge in [0.25, 0.3) is 5.91 Å². The van der Waals surface area contributed by atoms with Crippen LogP contribution in [0.5, 0.6) is 0 Å². The van der Waals surface area contributed by atoms with Gasteiger partial charge >= 0.3 is 5.97 Å². The third-order valence-electron chi connectivity index (χ3n) is 3.16. The molecule has 1 aromatic heterocycles. The van der Waals surface area contributed by atoms with Gasteiger partial charge in [-0.2, -0.15) is 0 Å². The van der Waals surface area contributed by atoms with Gasteiger partial charge in [0.1, 0.15) is 5.03 Å². The van der Waals surface area contributed by atoms with Gasteiger partial charge < -0.3 is 10.1 Å². The number of esters is 1. The first kappa shape index (κ1) is 17.0. The van der Waals surface area contributed by atoms with Gasteiger partial charge in [-0.05, 0) is 44.4 Å². The number of carbonyl (C=O) groups is 2. The first-order valence-electron chi connectivity index (χ1n) is 7.08. The lowest BCUT2D eigenvalue weighted by molar-refractivity contribution is -0.123. The zero-order chi connectivity index (χ0) is 16.8. The minimum Gasteiger partial charge on any atom is -0.449 e. The molecule has 1 atom stereocenters. The van der Waals surface area contributed by atoms with E-state index >= 15 is 0 Å². The van der Waals surface area contributed by atoms with E-state index in [9.17, 15) is 9.59 Å². The number of aromatic nitrogens is 1. The molecule has 0 fully saturated rings. The number of nitrogens with one attached hydrogen (secondary N) is 1. The van der Waals surface area contributed by atoms with Crippen LogP contribution in [0, 0.1) is 6.92 Å². The zero-order valence-electron chi connectivity index (χ0n) is 13.2. The third-order valence-corrected chi connectivity index (χ3v) is 3.87. The van der Waals surface area contributed by atoms with Gasteiger partial charge in [0.15, 0.2) is 6.10 Å². The Morgan fingerprint density at radius 2 is 1.91 bits per heavy atom. The molecule has 1 amide bonds. The average molecular weight is 330 g/mol. The molecule has 0 saturated carbocycles. The SMILES string of the molecule is CSc1ncccc1C(=O)O[C@H](C)C(=O)Nc1ccc(C)cc1. The summed E-state index contributed by atoms with van der Waals surface area (Å²) < 4.78 is 5.23. The fraction of sp³-hybridized carbons (Fsp3) is 0.235. The van der Waals surface area contributed by atoms with Gasteiger partial charge in [0.05, 0.1) is 5.56 Å². The Morgan fingerprint density at radius 1 is 1.22 bits per heavy atom. The molecule has 0 spiro atoms. The molecule has 23 heavy (non-hydrogen) atoms. The lowest BCUT2D eigenvalue weighted by Crippen LogP contribution is -2.30. The van der Waals surface area contributed by atoms with Crippen LogP contribution in [0.15, 0.2) is 47.6 Å². The van der Waals surface area contributed by atoms with E-state index in [4.69, 9.17) is 4.74 Å². The molecule has 5 nitrogen and oxygen atoms in total. The number of benzene rings is 1. The van der Waals surface area contributed by atoms with E-state index in [2.05, 4.69) is 10.3 Å². The van der Waals surface area contributed by atoms with Crippen LogP contribution in [0.3, 0.4) is 0 Å². The summed E-state index contributed by atoms with van der Waals surface area (Å²) >= 11 is 1.35. The molecule has 2 aromatic rings. The second-order valence-electron chi connectivity index (χ2n) is 4.96. The van der Waals surface area contributed by atoms with Gasteiger partial charge in [0, 0.05) is 11.9 Å². The van der Waals surface area contributed by atoms with Gasteiger partial charge in [-0.3, -0.25) is 4.79 Å². The second-order valence-corrected chi connectivity index (χ2v) is 5.76. The van der Waals surface area contributed by atoms with E-state index in [1.54, 1.807) is 30.5 Å². The molecule has 0 aliphatic carbocycles. The Hall–Kier alpha value is -2.34. The molecule has 2 rings (SSSR count). The van der Waals surface area contributed by atoms with Crippen molar-refractivity contribution in [2.24, 2.45) is 0 Å². The maximum absolute atomic E-state index is 12.2. The largest absolute Gasteiger partial charge is 0.449 e. The number of ether oxygens (including phenoxy) is 1. The van der Waals surface area contributed by atoms with E-state index in [0.29, 0.717) is 16.3 Å². The van der Waals surface area contributed by atoms with Crippen molar-refractivity contribution in [3.8, 4) is 0 Å². The Bertz CT molecular complexity index is 701. The van der Waals surface area contributed by atoms with Crippen LogP contribution in [0.1, 0.15) is 22.8 Å². The van der Waals surface area contributed by atoms with Crippen LogP contribution in [-0.4, -0.2) is 29.2 Å². The number of pyridine rings is 1. The minimum absolute atomic E-state index is 0.356. The molecular weight excluding hydrogens is 312 g/mol. The molecule has 1 heterocycles. The topological polar surface area (TPSA) is 68.3 Å². The van der Waals surface area contributed by atoms with Crippen molar-refractivity contribution in [1.82, 2.24) is 4.98 Å². The van der Waals surface area contributed by atoms with E-state index in [-0.39, 0.29) is 5.91 Å². The normalized spacial score (nSPS) is 11.6. The van der Waals surface area contributed by atoms with Crippen LogP contribution in [0.25, 0.3) is 0 Å². The number of nitrogens with zero attached hydrogens (tertiary/aromatic N) is 1. The van der Waals surface area contributed by atoms with Crippen LogP contribution in [-0.2, 0) is 9.53 Å². The number of hydrogen-bond acceptors (Lipinski definition) is 5. The molecule has 0 bridgehead atoms. The highest BCUT2D eigenvalue weighted by Gasteiger charge is 2.21. The molecule has 120 valence electrons. The van der Waals surface area contributed by atoms with Crippen molar-refractivity contribution in [2.45, 2.75) is 25.0 Å². The molecule has 6 heteroatoms. The number of thioether (sulfide) groups is 1. The number of anilines is 1. The van der Waals surface area contributed by atoms with Crippen molar-refractivity contribution in [1.29, 1.82) is 0 Å². The fourth-order valence-electron chi connectivity index (χ4n) is 1.87. The summed E-state index contributed by atoms with van der Waals surface area (Å²) in [5.41, 5.74) is 2.12. The summed E-state index contributed by atoms with van der Waals surface area (Å²) in [5.74, 6) is -0.939. The van der Waals surface area contributed by atoms with Crippen molar-refractivity contribution in [3.63, 3.8) is 0 Å². The average Bonchev–Trinajstić information content (AvgIpc) is 2.56. The van der Waals surface area contributed by atoms with E-state index in [0.717, 1.165) is 5.56 Å². The van der Waals surface area contributed by atoms with E-state index in [1.807, 2.05) is 25.3 Å². The monoisotopic (exact) mass is 330 g/mol. The number of hydrogen-bond donors (Lipinski definition) is 1. The molecule has 0 aliphatic heterocycles. The van der Waals surface area contributed by atoms with Gasteiger partial charge in [-0.1, -0.05) is 17.7 Å². The summed E-state index contributed by atoms with van der Waals surface area (Å²) in [5, 5.41) is 3.29. The van der Waals surface area contributed by atoms with Crippen molar-refractivity contribution < 1.29 is 14.3 Å². The number of carbonyl (C=O) groups excluding carboxylic acids is 2. The first-order valence-corrected chi connectivity index (χ1v) is 8.31. The van der Waals surface area contributed by atoms with Gasteiger partial charge in [-0.15, -0.1) is 11.8 Å². The number of rotatable bonds is 5. The van der Waals surface area contributed by atoms with Crippen molar-refractivity contribution in [3.05, 3.63) is 53.7 Å². The molecule has 0 radical (unpaired) electrons. The standard InChI is InChI=1S/C17H18N2O3S/c1-11-6-8-13(9-7-11)19-15(20)12(2)22-17(21)14-5-4-10-18-16(14)23-3/h4-10,12H,1-3H3,(H,19,20)/t12-/m1/s1. The van der Waals surface area contributed by atoms with Gasteiger partial charge in [-0.25, -0.2) is 9.78 Å². The third kappa shape index (κ3) is 4.56.